The van der Waals surface area contributed by atoms with Gasteiger partial charge in [-0.1, -0.05) is 6.92 Å². The first-order chi connectivity index (χ1) is 9.31. The maximum atomic E-state index is 11.8. The summed E-state index contributed by atoms with van der Waals surface area (Å²) in [5.41, 5.74) is -0.131. The second kappa shape index (κ2) is 7.99. The molecule has 0 spiro atoms. The molecule has 4 nitrogen and oxygen atoms in total. The van der Waals surface area contributed by atoms with E-state index < -0.39 is 0 Å². The SMILES string of the molecule is CCN1CCCC(C(C)NCCC(=O)NC(C)(C)C)C1. The molecule has 1 rings (SSSR count). The highest BCUT2D eigenvalue weighted by Gasteiger charge is 2.23. The molecule has 1 saturated heterocycles. The molecular weight excluding hydrogens is 250 g/mol. The minimum Gasteiger partial charge on any atom is -0.351 e. The molecule has 0 aromatic heterocycles. The molecule has 2 unspecified atom stereocenters. The van der Waals surface area contributed by atoms with Gasteiger partial charge in [-0.25, -0.2) is 0 Å². The lowest BCUT2D eigenvalue weighted by atomic mass is 9.91. The van der Waals surface area contributed by atoms with Crippen LogP contribution in [0.3, 0.4) is 0 Å². The molecule has 0 saturated carbocycles. The van der Waals surface area contributed by atoms with Crippen LogP contribution in [0.1, 0.15) is 53.9 Å². The number of nitrogens with zero attached hydrogens (tertiary/aromatic N) is 1. The molecular formula is C16H33N3O. The Morgan fingerprint density at radius 3 is 2.70 bits per heavy atom. The van der Waals surface area contributed by atoms with E-state index in [2.05, 4.69) is 29.4 Å². The topological polar surface area (TPSA) is 44.4 Å². The molecule has 2 N–H and O–H groups in total. The van der Waals surface area contributed by atoms with E-state index in [1.807, 2.05) is 20.8 Å². The zero-order valence-corrected chi connectivity index (χ0v) is 14.0. The first kappa shape index (κ1) is 17.4. The van der Waals surface area contributed by atoms with Crippen molar-refractivity contribution >= 4 is 5.91 Å². The summed E-state index contributed by atoms with van der Waals surface area (Å²) in [6, 6.07) is 0.492. The number of amides is 1. The largest absolute Gasteiger partial charge is 0.351 e. The molecule has 1 amide bonds. The number of hydrogen-bond acceptors (Lipinski definition) is 3. The molecule has 0 bridgehead atoms. The van der Waals surface area contributed by atoms with E-state index in [0.717, 1.165) is 19.0 Å². The Kier molecular flexibility index (Phi) is 6.96. The standard InChI is InChI=1S/C16H33N3O/c1-6-19-11-7-8-14(12-19)13(2)17-10-9-15(20)18-16(3,4)5/h13-14,17H,6-12H2,1-5H3,(H,18,20). The van der Waals surface area contributed by atoms with Crippen LogP contribution in [-0.2, 0) is 4.79 Å². The van der Waals surface area contributed by atoms with E-state index in [4.69, 9.17) is 0 Å². The van der Waals surface area contributed by atoms with Gasteiger partial charge >= 0.3 is 0 Å². The maximum absolute atomic E-state index is 11.8. The van der Waals surface area contributed by atoms with E-state index in [-0.39, 0.29) is 11.4 Å². The van der Waals surface area contributed by atoms with E-state index >= 15 is 0 Å². The lowest BCUT2D eigenvalue weighted by molar-refractivity contribution is -0.122. The number of hydrogen-bond donors (Lipinski definition) is 2. The lowest BCUT2D eigenvalue weighted by Gasteiger charge is -2.35. The van der Waals surface area contributed by atoms with E-state index in [1.54, 1.807) is 0 Å². The molecule has 118 valence electrons. The van der Waals surface area contributed by atoms with Crippen molar-refractivity contribution in [1.82, 2.24) is 15.5 Å². The number of likely N-dealkylation sites (tertiary alicyclic amines) is 1. The highest BCUT2D eigenvalue weighted by molar-refractivity contribution is 5.76. The average molecular weight is 283 g/mol. The van der Waals surface area contributed by atoms with Gasteiger partial charge in [-0.2, -0.15) is 0 Å². The van der Waals surface area contributed by atoms with Crippen molar-refractivity contribution in [3.8, 4) is 0 Å². The fourth-order valence-electron chi connectivity index (χ4n) is 2.85. The fourth-order valence-corrected chi connectivity index (χ4v) is 2.85. The predicted octanol–water partition coefficient (Wildman–Crippen LogP) is 2.00. The molecule has 0 aromatic carbocycles. The summed E-state index contributed by atoms with van der Waals surface area (Å²) in [7, 11) is 0. The number of carbonyl (C=O) groups is 1. The number of rotatable bonds is 6. The van der Waals surface area contributed by atoms with Crippen molar-refractivity contribution in [2.45, 2.75) is 65.5 Å². The molecule has 2 atom stereocenters. The van der Waals surface area contributed by atoms with E-state index in [1.165, 1.54) is 25.9 Å². The van der Waals surface area contributed by atoms with E-state index in [9.17, 15) is 4.79 Å². The summed E-state index contributed by atoms with van der Waals surface area (Å²) in [6.07, 6.45) is 3.17. The quantitative estimate of drug-likeness (QED) is 0.784. The van der Waals surface area contributed by atoms with Gasteiger partial charge in [-0.3, -0.25) is 4.79 Å². The van der Waals surface area contributed by atoms with Gasteiger partial charge in [0.1, 0.15) is 0 Å². The van der Waals surface area contributed by atoms with Crippen molar-refractivity contribution in [2.75, 3.05) is 26.2 Å². The normalized spacial score (nSPS) is 22.6. The summed E-state index contributed by atoms with van der Waals surface area (Å²) in [5.74, 6) is 0.852. The molecule has 0 aliphatic carbocycles. The van der Waals surface area contributed by atoms with Crippen molar-refractivity contribution in [3.63, 3.8) is 0 Å². The number of piperidine rings is 1. The minimum absolute atomic E-state index is 0.131. The molecule has 1 aliphatic heterocycles. The van der Waals surface area contributed by atoms with Gasteiger partial charge in [0.15, 0.2) is 0 Å². The first-order valence-corrected chi connectivity index (χ1v) is 8.08. The first-order valence-electron chi connectivity index (χ1n) is 8.08. The average Bonchev–Trinajstić information content (AvgIpc) is 2.36. The van der Waals surface area contributed by atoms with Gasteiger partial charge in [0.25, 0.3) is 0 Å². The highest BCUT2D eigenvalue weighted by Crippen LogP contribution is 2.19. The maximum Gasteiger partial charge on any atom is 0.221 e. The zero-order chi connectivity index (χ0) is 15.2. The highest BCUT2D eigenvalue weighted by atomic mass is 16.1. The Balaban J connectivity index is 2.22. The van der Waals surface area contributed by atoms with Crippen LogP contribution in [0.5, 0.6) is 0 Å². The Labute approximate surface area is 124 Å². The van der Waals surface area contributed by atoms with E-state index in [0.29, 0.717) is 12.5 Å². The second-order valence-corrected chi connectivity index (χ2v) is 7.09. The Morgan fingerprint density at radius 2 is 2.10 bits per heavy atom. The smallest absolute Gasteiger partial charge is 0.221 e. The molecule has 1 aliphatic rings. The lowest BCUT2D eigenvalue weighted by Crippen LogP contribution is -2.46. The van der Waals surface area contributed by atoms with Gasteiger partial charge < -0.3 is 15.5 Å². The molecule has 1 heterocycles. The van der Waals surface area contributed by atoms with Crippen molar-refractivity contribution in [1.29, 1.82) is 0 Å². The Bertz CT molecular complexity index is 299. The van der Waals surface area contributed by atoms with Crippen LogP contribution >= 0.6 is 0 Å². The van der Waals surface area contributed by atoms with Gasteiger partial charge in [-0.05, 0) is 59.5 Å². The summed E-state index contributed by atoms with van der Waals surface area (Å²) >= 11 is 0. The summed E-state index contributed by atoms with van der Waals surface area (Å²) in [5, 5.41) is 6.53. The summed E-state index contributed by atoms with van der Waals surface area (Å²) in [4.78, 5) is 14.3. The predicted molar refractivity (Wildman–Crippen MR) is 84.8 cm³/mol. The Hall–Kier alpha value is -0.610. The Morgan fingerprint density at radius 1 is 1.40 bits per heavy atom. The molecule has 1 fully saturated rings. The molecule has 0 aromatic rings. The third-order valence-electron chi connectivity index (χ3n) is 4.03. The third-order valence-corrected chi connectivity index (χ3v) is 4.03. The van der Waals surface area contributed by atoms with Crippen LogP contribution in [0, 0.1) is 5.92 Å². The molecule has 0 radical (unpaired) electrons. The monoisotopic (exact) mass is 283 g/mol. The fraction of sp³-hybridized carbons (Fsp3) is 0.938. The van der Waals surface area contributed by atoms with Crippen LogP contribution in [0.2, 0.25) is 0 Å². The van der Waals surface area contributed by atoms with Crippen molar-refractivity contribution in [2.24, 2.45) is 5.92 Å². The zero-order valence-electron chi connectivity index (χ0n) is 14.0. The van der Waals surface area contributed by atoms with Crippen LogP contribution in [0.4, 0.5) is 0 Å². The van der Waals surface area contributed by atoms with Crippen LogP contribution in [-0.4, -0.2) is 48.6 Å². The van der Waals surface area contributed by atoms with Gasteiger partial charge in [0.2, 0.25) is 5.91 Å². The summed E-state index contributed by atoms with van der Waals surface area (Å²) in [6.45, 7) is 14.9. The van der Waals surface area contributed by atoms with Gasteiger partial charge in [0.05, 0.1) is 0 Å². The van der Waals surface area contributed by atoms with Gasteiger partial charge in [-0.15, -0.1) is 0 Å². The third kappa shape index (κ3) is 6.71. The molecule has 4 heteroatoms. The van der Waals surface area contributed by atoms with Crippen molar-refractivity contribution < 1.29 is 4.79 Å². The minimum atomic E-state index is -0.131. The van der Waals surface area contributed by atoms with Crippen LogP contribution in [0.25, 0.3) is 0 Å². The summed E-state index contributed by atoms with van der Waals surface area (Å²) < 4.78 is 0. The van der Waals surface area contributed by atoms with Crippen molar-refractivity contribution in [3.05, 3.63) is 0 Å². The van der Waals surface area contributed by atoms with Crippen LogP contribution in [0.15, 0.2) is 0 Å². The number of carbonyl (C=O) groups excluding carboxylic acids is 1. The second-order valence-electron chi connectivity index (χ2n) is 7.09. The van der Waals surface area contributed by atoms with Gasteiger partial charge in [0, 0.05) is 31.1 Å². The van der Waals surface area contributed by atoms with Crippen LogP contribution < -0.4 is 10.6 Å². The number of nitrogens with one attached hydrogen (secondary N) is 2. The molecule has 20 heavy (non-hydrogen) atoms.